The number of amides is 2. The summed E-state index contributed by atoms with van der Waals surface area (Å²) >= 11 is 1.59. The fourth-order valence-corrected chi connectivity index (χ4v) is 9.94. The van der Waals surface area contributed by atoms with Crippen molar-refractivity contribution in [1.29, 1.82) is 0 Å². The number of halogens is 1. The number of rotatable bonds is 13. The summed E-state index contributed by atoms with van der Waals surface area (Å²) in [5.74, 6) is -0.662. The lowest BCUT2D eigenvalue weighted by Gasteiger charge is -2.29. The third-order valence-electron chi connectivity index (χ3n) is 12.3. The van der Waals surface area contributed by atoms with Gasteiger partial charge in [-0.2, -0.15) is 0 Å². The van der Waals surface area contributed by atoms with E-state index in [0.717, 1.165) is 45.9 Å². The van der Waals surface area contributed by atoms with E-state index in [2.05, 4.69) is 41.6 Å². The Balaban J connectivity index is 0.772. The number of hydrogen-bond donors (Lipinski definition) is 4. The van der Waals surface area contributed by atoms with Crippen molar-refractivity contribution in [1.82, 2.24) is 40.4 Å². The fourth-order valence-electron chi connectivity index (χ4n) is 9.13. The number of aromatic hydroxyl groups is 1. The molecule has 6 aromatic rings. The molecule has 4 aromatic heterocycles. The van der Waals surface area contributed by atoms with Gasteiger partial charge in [-0.05, 0) is 72.2 Å². The summed E-state index contributed by atoms with van der Waals surface area (Å²) in [6.07, 6.45) is -0.686. The van der Waals surface area contributed by atoms with Crippen LogP contribution in [0.2, 0.25) is 0 Å². The minimum Gasteiger partial charge on any atom is -0.504 e. The Morgan fingerprint density at radius 3 is 2.58 bits per heavy atom. The molecule has 1 aliphatic carbocycles. The molecule has 6 heterocycles. The first-order valence-electron chi connectivity index (χ1n) is 20.4. The standard InChI is InChI=1S/C44H47FN8O6S/c1-22(2)38(44(57)53-18-28(54)16-35(53)43(56)47-23(3)25-8-10-26(11-9-25)41-24(4)46-21-60-41)36-17-37(51-59-36)58-13-12-52-19-30-31(20-52)39(30)34-15-27-14-33(49-50-42(27)48-34)29-6-5-7-32(45)40(29)55/h5-11,14-15,17,21-23,28,30-31,35,38-39,54-55H,12-13,16,18-20H2,1-4H3,(H,47,56)(H,48,50)/t23-,28+,30-,31+,35-,38+,39?/m0/s1. The van der Waals surface area contributed by atoms with Gasteiger partial charge in [-0.25, -0.2) is 9.37 Å². The van der Waals surface area contributed by atoms with Crippen molar-refractivity contribution in [3.8, 4) is 33.3 Å². The van der Waals surface area contributed by atoms with E-state index in [1.807, 2.05) is 63.5 Å². The monoisotopic (exact) mass is 834 g/mol. The topological polar surface area (TPSA) is 183 Å². The van der Waals surface area contributed by atoms with Gasteiger partial charge in [0.15, 0.2) is 23.0 Å². The van der Waals surface area contributed by atoms with Gasteiger partial charge < -0.3 is 34.7 Å². The number of nitrogens with zero attached hydrogens (tertiary/aromatic N) is 6. The summed E-state index contributed by atoms with van der Waals surface area (Å²) in [6, 6.07) is 16.8. The Morgan fingerprint density at radius 1 is 1.07 bits per heavy atom. The Bertz CT molecular complexity index is 2530. The highest BCUT2D eigenvalue weighted by Gasteiger charge is 2.56. The molecule has 14 nitrogen and oxygen atoms in total. The molecule has 2 aromatic carbocycles. The van der Waals surface area contributed by atoms with Crippen LogP contribution in [0.4, 0.5) is 4.39 Å². The molecule has 1 unspecified atom stereocenters. The predicted molar refractivity (Wildman–Crippen MR) is 222 cm³/mol. The summed E-state index contributed by atoms with van der Waals surface area (Å²) in [6.45, 7) is 10.7. The van der Waals surface area contributed by atoms with Crippen molar-refractivity contribution in [3.63, 3.8) is 0 Å². The smallest absolute Gasteiger partial charge is 0.254 e. The van der Waals surface area contributed by atoms with Crippen LogP contribution in [0.15, 0.2) is 70.7 Å². The molecule has 7 atom stereocenters. The predicted octanol–water partition coefficient (Wildman–Crippen LogP) is 6.19. The molecule has 1 saturated carbocycles. The van der Waals surface area contributed by atoms with Crippen LogP contribution < -0.4 is 10.1 Å². The van der Waals surface area contributed by atoms with Gasteiger partial charge in [0.2, 0.25) is 11.8 Å². The van der Waals surface area contributed by atoms with E-state index in [1.54, 1.807) is 23.5 Å². The van der Waals surface area contributed by atoms with E-state index in [0.29, 0.717) is 53.6 Å². The number of benzene rings is 2. The molecule has 2 amide bonds. The van der Waals surface area contributed by atoms with Gasteiger partial charge in [0, 0.05) is 61.2 Å². The van der Waals surface area contributed by atoms with Gasteiger partial charge in [-0.15, -0.1) is 21.5 Å². The van der Waals surface area contributed by atoms with Crippen molar-refractivity contribution in [2.24, 2.45) is 17.8 Å². The number of aliphatic hydroxyl groups is 1. The number of H-pyrrole nitrogens is 1. The van der Waals surface area contributed by atoms with Crippen LogP contribution in [-0.4, -0.2) is 102 Å². The maximum Gasteiger partial charge on any atom is 0.254 e. The zero-order valence-corrected chi connectivity index (χ0v) is 34.5. The number of para-hydroxylation sites is 1. The summed E-state index contributed by atoms with van der Waals surface area (Å²) in [5.41, 5.74) is 7.25. The average Bonchev–Trinajstić information content (AvgIpc) is 3.92. The number of phenols is 1. The number of piperidine rings is 1. The van der Waals surface area contributed by atoms with Gasteiger partial charge in [0.05, 0.1) is 33.9 Å². The Hall–Kier alpha value is -5.71. The quantitative estimate of drug-likeness (QED) is 0.104. The van der Waals surface area contributed by atoms with Crippen LogP contribution >= 0.6 is 11.3 Å². The number of phenolic OH excluding ortho intramolecular Hbond substituents is 1. The molecule has 2 saturated heterocycles. The maximum atomic E-state index is 14.2. The molecule has 60 heavy (non-hydrogen) atoms. The zero-order chi connectivity index (χ0) is 41.8. The molecule has 0 bridgehead atoms. The number of thiazole rings is 1. The number of hydrogen-bond acceptors (Lipinski definition) is 12. The lowest BCUT2D eigenvalue weighted by Crippen LogP contribution is -2.48. The molecule has 0 spiro atoms. The van der Waals surface area contributed by atoms with E-state index in [-0.39, 0.29) is 42.6 Å². The van der Waals surface area contributed by atoms with E-state index < -0.39 is 29.6 Å². The first-order valence-corrected chi connectivity index (χ1v) is 21.3. The van der Waals surface area contributed by atoms with Gasteiger partial charge in [0.25, 0.3) is 5.88 Å². The van der Waals surface area contributed by atoms with E-state index in [4.69, 9.17) is 9.26 Å². The van der Waals surface area contributed by atoms with Crippen molar-refractivity contribution >= 4 is 34.2 Å². The highest BCUT2D eigenvalue weighted by Crippen LogP contribution is 2.58. The Kier molecular flexibility index (Phi) is 10.6. The molecule has 4 N–H and O–H groups in total. The van der Waals surface area contributed by atoms with Crippen LogP contribution in [0, 0.1) is 30.5 Å². The van der Waals surface area contributed by atoms with Crippen LogP contribution in [-0.2, 0) is 9.59 Å². The number of carbonyl (C=O) groups excluding carboxylic acids is 2. The summed E-state index contributed by atoms with van der Waals surface area (Å²) in [4.78, 5) is 40.5. The number of fused-ring (bicyclic) bond motifs is 2. The first-order chi connectivity index (χ1) is 28.9. The van der Waals surface area contributed by atoms with E-state index >= 15 is 0 Å². The molecule has 16 heteroatoms. The number of aromatic amines is 1. The van der Waals surface area contributed by atoms with Crippen molar-refractivity contribution in [3.05, 3.63) is 94.7 Å². The maximum absolute atomic E-state index is 14.2. The highest BCUT2D eigenvalue weighted by molar-refractivity contribution is 7.13. The number of aliphatic hydroxyl groups excluding tert-OH is 1. The number of β-amino-alcohol motifs (C(OH)–C–C–N with tert-alkyl or cyclic N) is 1. The molecule has 3 fully saturated rings. The minimum atomic E-state index is -0.833. The number of aromatic nitrogens is 5. The number of likely N-dealkylation sites (tertiary alicyclic amines) is 2. The number of carbonyl (C=O) groups is 2. The largest absolute Gasteiger partial charge is 0.504 e. The highest BCUT2D eigenvalue weighted by atomic mass is 32.1. The molecule has 2 aliphatic heterocycles. The van der Waals surface area contributed by atoms with Crippen molar-refractivity contribution in [2.45, 2.75) is 64.1 Å². The number of nitrogens with one attached hydrogen (secondary N) is 2. The summed E-state index contributed by atoms with van der Waals surface area (Å²) < 4.78 is 25.6. The van der Waals surface area contributed by atoms with Gasteiger partial charge >= 0.3 is 0 Å². The minimum absolute atomic E-state index is 0.0465. The summed E-state index contributed by atoms with van der Waals surface area (Å²) in [5, 5.41) is 37.4. The van der Waals surface area contributed by atoms with Crippen LogP contribution in [0.3, 0.4) is 0 Å². The second-order valence-electron chi connectivity index (χ2n) is 16.7. The van der Waals surface area contributed by atoms with Crippen molar-refractivity contribution < 1.29 is 33.5 Å². The second-order valence-corrected chi connectivity index (χ2v) is 17.5. The third-order valence-corrected chi connectivity index (χ3v) is 13.3. The molecular formula is C44H47FN8O6S. The van der Waals surface area contributed by atoms with Gasteiger partial charge in [0.1, 0.15) is 18.6 Å². The van der Waals surface area contributed by atoms with Crippen LogP contribution in [0.1, 0.15) is 67.8 Å². The Labute approximate surface area is 349 Å². The van der Waals surface area contributed by atoms with E-state index in [1.165, 1.54) is 17.0 Å². The number of aryl methyl sites for hydroxylation is 1. The van der Waals surface area contributed by atoms with Gasteiger partial charge in [-0.1, -0.05) is 44.2 Å². The molecular weight excluding hydrogens is 788 g/mol. The van der Waals surface area contributed by atoms with Crippen LogP contribution in [0.25, 0.3) is 32.7 Å². The summed E-state index contributed by atoms with van der Waals surface area (Å²) in [7, 11) is 0. The normalized spacial score (nSPS) is 22.3. The number of ether oxygens (including phenoxy) is 1. The third kappa shape index (κ3) is 7.63. The van der Waals surface area contributed by atoms with E-state index in [9.17, 15) is 24.2 Å². The molecule has 3 aliphatic rings. The SMILES string of the molecule is Cc1ncsc1-c1ccc([C@H](C)NC(=O)[C@@H]2C[C@@H](O)CN2C(=O)[C@@H](c2cc(OCCN3C[C@@H]4C(c5cc6cc(-c7cccc(F)c7O)nnc6[nH]5)[C@@H]4C3)no2)C(C)C)cc1. The molecule has 312 valence electrons. The first kappa shape index (κ1) is 39.7. The molecule has 0 radical (unpaired) electrons. The Morgan fingerprint density at radius 2 is 1.85 bits per heavy atom. The van der Waals surface area contributed by atoms with Crippen molar-refractivity contribution in [2.75, 3.05) is 32.8 Å². The average molecular weight is 835 g/mol. The van der Waals surface area contributed by atoms with Gasteiger partial charge in [-0.3, -0.25) is 14.5 Å². The second kappa shape index (κ2) is 16.0. The zero-order valence-electron chi connectivity index (χ0n) is 33.7. The molecule has 9 rings (SSSR count). The fraction of sp³-hybridized carbons (Fsp3) is 0.409. The lowest BCUT2D eigenvalue weighted by molar-refractivity contribution is -0.141. The van der Waals surface area contributed by atoms with Crippen LogP contribution in [0.5, 0.6) is 11.6 Å². The lowest BCUT2D eigenvalue weighted by atomic mass is 9.91.